The zero-order valence-corrected chi connectivity index (χ0v) is 17.9. The SMILES string of the molecule is Cc1nnsc1C(=O)Nc1cccc(CN(CCCN)C(=O)c2ccc(C#N)cc2)c1. The summed E-state index contributed by atoms with van der Waals surface area (Å²) in [4.78, 5) is 27.6. The molecule has 0 aliphatic rings. The van der Waals surface area contributed by atoms with Crippen LogP contribution in [0.1, 0.15) is 43.3 Å². The summed E-state index contributed by atoms with van der Waals surface area (Å²) in [7, 11) is 0. The molecule has 31 heavy (non-hydrogen) atoms. The van der Waals surface area contributed by atoms with E-state index in [2.05, 4.69) is 14.9 Å². The highest BCUT2D eigenvalue weighted by atomic mass is 32.1. The first-order valence-corrected chi connectivity index (χ1v) is 10.5. The Kier molecular flexibility index (Phi) is 7.43. The van der Waals surface area contributed by atoms with Gasteiger partial charge in [-0.1, -0.05) is 16.6 Å². The molecule has 3 N–H and O–H groups in total. The Hall–Kier alpha value is -3.61. The van der Waals surface area contributed by atoms with Crippen LogP contribution >= 0.6 is 11.5 Å². The van der Waals surface area contributed by atoms with Gasteiger partial charge in [-0.3, -0.25) is 9.59 Å². The fourth-order valence-corrected chi connectivity index (χ4v) is 3.55. The van der Waals surface area contributed by atoms with Crippen LogP contribution in [0, 0.1) is 18.3 Å². The van der Waals surface area contributed by atoms with E-state index in [0.717, 1.165) is 17.1 Å². The summed E-state index contributed by atoms with van der Waals surface area (Å²) in [5.41, 5.74) is 8.74. The zero-order valence-electron chi connectivity index (χ0n) is 17.0. The second-order valence-electron chi connectivity index (χ2n) is 6.90. The minimum atomic E-state index is -0.265. The Morgan fingerprint density at radius 3 is 2.65 bits per heavy atom. The number of aromatic nitrogens is 2. The van der Waals surface area contributed by atoms with Crippen molar-refractivity contribution in [3.8, 4) is 6.07 Å². The topological polar surface area (TPSA) is 125 Å². The van der Waals surface area contributed by atoms with Crippen LogP contribution in [0.4, 0.5) is 5.69 Å². The van der Waals surface area contributed by atoms with Crippen LogP contribution in [0.25, 0.3) is 0 Å². The van der Waals surface area contributed by atoms with Crippen molar-refractivity contribution in [2.24, 2.45) is 5.73 Å². The van der Waals surface area contributed by atoms with Gasteiger partial charge in [0.05, 0.1) is 17.3 Å². The van der Waals surface area contributed by atoms with Crippen molar-refractivity contribution in [1.82, 2.24) is 14.5 Å². The van der Waals surface area contributed by atoms with E-state index < -0.39 is 0 Å². The summed E-state index contributed by atoms with van der Waals surface area (Å²) in [6, 6.07) is 16.0. The molecule has 0 radical (unpaired) electrons. The average Bonchev–Trinajstić information content (AvgIpc) is 3.22. The summed E-state index contributed by atoms with van der Waals surface area (Å²) >= 11 is 1.05. The molecule has 8 nitrogen and oxygen atoms in total. The van der Waals surface area contributed by atoms with Gasteiger partial charge in [0.2, 0.25) is 0 Å². The predicted molar refractivity (Wildman–Crippen MR) is 119 cm³/mol. The maximum absolute atomic E-state index is 13.0. The van der Waals surface area contributed by atoms with Gasteiger partial charge in [-0.15, -0.1) is 5.10 Å². The number of carbonyl (C=O) groups is 2. The zero-order chi connectivity index (χ0) is 22.2. The molecule has 2 aromatic carbocycles. The van der Waals surface area contributed by atoms with Crippen LogP contribution in [0.5, 0.6) is 0 Å². The van der Waals surface area contributed by atoms with Gasteiger partial charge in [-0.05, 0) is 73.4 Å². The van der Waals surface area contributed by atoms with E-state index >= 15 is 0 Å². The fraction of sp³-hybridized carbons (Fsp3) is 0.227. The highest BCUT2D eigenvalue weighted by molar-refractivity contribution is 7.08. The average molecular weight is 435 g/mol. The molecule has 158 valence electrons. The van der Waals surface area contributed by atoms with E-state index in [1.54, 1.807) is 42.2 Å². The van der Waals surface area contributed by atoms with Gasteiger partial charge in [0.15, 0.2) is 0 Å². The van der Waals surface area contributed by atoms with E-state index in [1.807, 2.05) is 24.3 Å². The molecule has 1 heterocycles. The molecule has 3 rings (SSSR count). The van der Waals surface area contributed by atoms with E-state index in [0.29, 0.717) is 53.4 Å². The van der Waals surface area contributed by atoms with Crippen LogP contribution in [-0.4, -0.2) is 39.4 Å². The highest BCUT2D eigenvalue weighted by Crippen LogP contribution is 2.18. The number of rotatable bonds is 8. The molecule has 0 aliphatic carbocycles. The first-order valence-electron chi connectivity index (χ1n) is 9.70. The molecule has 0 unspecified atom stereocenters. The predicted octanol–water partition coefficient (Wildman–Crippen LogP) is 2.96. The van der Waals surface area contributed by atoms with Crippen LogP contribution < -0.4 is 11.1 Å². The fourth-order valence-electron chi connectivity index (χ4n) is 3.00. The molecule has 3 aromatic rings. The van der Waals surface area contributed by atoms with Crippen molar-refractivity contribution < 1.29 is 9.59 Å². The van der Waals surface area contributed by atoms with E-state index in [-0.39, 0.29) is 11.8 Å². The van der Waals surface area contributed by atoms with Crippen LogP contribution in [0.2, 0.25) is 0 Å². The molecular formula is C22H22N6O2S. The molecule has 0 fully saturated rings. The summed E-state index contributed by atoms with van der Waals surface area (Å²) in [6.07, 6.45) is 0.663. The van der Waals surface area contributed by atoms with Crippen LogP contribution in [0.15, 0.2) is 48.5 Å². The minimum Gasteiger partial charge on any atom is -0.334 e. The number of aryl methyl sites for hydroxylation is 1. The number of nitrogens with two attached hydrogens (primary N) is 1. The molecule has 0 atom stereocenters. The van der Waals surface area contributed by atoms with E-state index in [9.17, 15) is 9.59 Å². The standard InChI is InChI=1S/C22H22N6O2S/c1-15-20(31-27-26-15)21(29)25-19-5-2-4-17(12-19)14-28(11-3-10-23)22(30)18-8-6-16(13-24)7-9-18/h2,4-9,12H,3,10-11,14,23H2,1H3,(H,25,29). The highest BCUT2D eigenvalue weighted by Gasteiger charge is 2.17. The normalized spacial score (nSPS) is 10.4. The Morgan fingerprint density at radius 1 is 1.23 bits per heavy atom. The van der Waals surface area contributed by atoms with Gasteiger partial charge in [0, 0.05) is 24.3 Å². The Balaban J connectivity index is 1.75. The van der Waals surface area contributed by atoms with Crippen molar-refractivity contribution in [1.29, 1.82) is 5.26 Å². The molecule has 2 amide bonds. The van der Waals surface area contributed by atoms with Crippen LogP contribution in [-0.2, 0) is 6.54 Å². The molecule has 0 spiro atoms. The number of hydrogen-bond donors (Lipinski definition) is 2. The first kappa shape index (κ1) is 22.1. The molecular weight excluding hydrogens is 412 g/mol. The lowest BCUT2D eigenvalue weighted by molar-refractivity contribution is 0.0742. The van der Waals surface area contributed by atoms with E-state index in [1.165, 1.54) is 0 Å². The van der Waals surface area contributed by atoms with Gasteiger partial charge >= 0.3 is 0 Å². The lowest BCUT2D eigenvalue weighted by Crippen LogP contribution is -2.32. The van der Waals surface area contributed by atoms with Gasteiger partial charge in [0.25, 0.3) is 11.8 Å². The molecule has 9 heteroatoms. The quantitative estimate of drug-likeness (QED) is 0.561. The summed E-state index contributed by atoms with van der Waals surface area (Å²) in [6.45, 7) is 3.07. The molecule has 0 aliphatic heterocycles. The number of benzene rings is 2. The number of nitrogens with zero attached hydrogens (tertiary/aromatic N) is 4. The largest absolute Gasteiger partial charge is 0.334 e. The third-order valence-corrected chi connectivity index (χ3v) is 5.42. The second-order valence-corrected chi connectivity index (χ2v) is 7.65. The van der Waals surface area contributed by atoms with Crippen molar-refractivity contribution in [2.45, 2.75) is 19.9 Å². The molecule has 1 aromatic heterocycles. The summed E-state index contributed by atoms with van der Waals surface area (Å²) in [5.74, 6) is -0.406. The van der Waals surface area contributed by atoms with Crippen molar-refractivity contribution in [3.63, 3.8) is 0 Å². The lowest BCUT2D eigenvalue weighted by atomic mass is 10.1. The minimum absolute atomic E-state index is 0.140. The molecule has 0 saturated carbocycles. The van der Waals surface area contributed by atoms with Gasteiger partial charge in [-0.25, -0.2) is 0 Å². The van der Waals surface area contributed by atoms with Gasteiger partial charge in [-0.2, -0.15) is 5.26 Å². The Bertz CT molecular complexity index is 1100. The number of anilines is 1. The summed E-state index contributed by atoms with van der Waals surface area (Å²) in [5, 5.41) is 15.7. The second kappa shape index (κ2) is 10.4. The molecule has 0 saturated heterocycles. The first-order chi connectivity index (χ1) is 15.0. The maximum atomic E-state index is 13.0. The maximum Gasteiger partial charge on any atom is 0.269 e. The number of nitriles is 1. The molecule has 0 bridgehead atoms. The van der Waals surface area contributed by atoms with Crippen molar-refractivity contribution >= 4 is 29.0 Å². The number of carbonyl (C=O) groups excluding carboxylic acids is 2. The smallest absolute Gasteiger partial charge is 0.269 e. The van der Waals surface area contributed by atoms with Crippen molar-refractivity contribution in [3.05, 3.63) is 75.8 Å². The third-order valence-electron chi connectivity index (χ3n) is 4.60. The monoisotopic (exact) mass is 434 g/mol. The van der Waals surface area contributed by atoms with Gasteiger partial charge < -0.3 is 16.0 Å². The Labute approximate surface area is 184 Å². The van der Waals surface area contributed by atoms with Crippen LogP contribution in [0.3, 0.4) is 0 Å². The number of nitrogens with one attached hydrogen (secondary N) is 1. The Morgan fingerprint density at radius 2 is 2.00 bits per heavy atom. The van der Waals surface area contributed by atoms with Gasteiger partial charge in [0.1, 0.15) is 4.88 Å². The third kappa shape index (κ3) is 5.72. The lowest BCUT2D eigenvalue weighted by Gasteiger charge is -2.23. The van der Waals surface area contributed by atoms with E-state index in [4.69, 9.17) is 11.0 Å². The summed E-state index contributed by atoms with van der Waals surface area (Å²) < 4.78 is 3.79. The number of amides is 2. The number of hydrogen-bond acceptors (Lipinski definition) is 7. The van der Waals surface area contributed by atoms with Crippen molar-refractivity contribution in [2.75, 3.05) is 18.4 Å².